The first kappa shape index (κ1) is 13.6. The number of aryl methyl sites for hydroxylation is 1. The fourth-order valence-corrected chi connectivity index (χ4v) is 2.83. The Morgan fingerprint density at radius 1 is 1.39 bits per heavy atom. The van der Waals surface area contributed by atoms with Crippen LogP contribution in [0.25, 0.3) is 0 Å². The highest BCUT2D eigenvalue weighted by Crippen LogP contribution is 2.24. The third kappa shape index (κ3) is 3.34. The summed E-state index contributed by atoms with van der Waals surface area (Å²) in [5, 5.41) is 0.751. The molecule has 1 N–H and O–H groups in total. The SMILES string of the molecule is Cc1[nH]c(CSc2cccc(Cl)c2)nc(=S)c1C. The third-order valence-corrected chi connectivity index (χ3v) is 4.26. The van der Waals surface area contributed by atoms with Crippen LogP contribution in [0, 0.1) is 18.5 Å². The zero-order valence-electron chi connectivity index (χ0n) is 10.2. The molecule has 0 bridgehead atoms. The first-order chi connectivity index (χ1) is 8.56. The van der Waals surface area contributed by atoms with Crippen LogP contribution in [0.4, 0.5) is 0 Å². The molecule has 0 spiro atoms. The minimum Gasteiger partial charge on any atom is -0.346 e. The van der Waals surface area contributed by atoms with Crippen LogP contribution < -0.4 is 0 Å². The van der Waals surface area contributed by atoms with E-state index in [1.165, 1.54) is 0 Å². The van der Waals surface area contributed by atoms with E-state index in [0.717, 1.165) is 32.8 Å². The van der Waals surface area contributed by atoms with Gasteiger partial charge in [-0.3, -0.25) is 0 Å². The molecule has 94 valence electrons. The van der Waals surface area contributed by atoms with E-state index in [4.69, 9.17) is 23.8 Å². The van der Waals surface area contributed by atoms with Gasteiger partial charge in [0.15, 0.2) is 0 Å². The summed E-state index contributed by atoms with van der Waals surface area (Å²) in [5.41, 5.74) is 2.12. The van der Waals surface area contributed by atoms with E-state index in [1.54, 1.807) is 11.8 Å². The number of hydrogen-bond acceptors (Lipinski definition) is 3. The number of aromatic nitrogens is 2. The van der Waals surface area contributed by atoms with Gasteiger partial charge in [0, 0.05) is 21.2 Å². The Labute approximate surface area is 121 Å². The highest BCUT2D eigenvalue weighted by atomic mass is 35.5. The second-order valence-electron chi connectivity index (χ2n) is 3.98. The molecule has 0 unspecified atom stereocenters. The molecule has 5 heteroatoms. The fraction of sp³-hybridized carbons (Fsp3) is 0.231. The zero-order valence-corrected chi connectivity index (χ0v) is 12.5. The largest absolute Gasteiger partial charge is 0.346 e. The summed E-state index contributed by atoms with van der Waals surface area (Å²) >= 11 is 12.8. The van der Waals surface area contributed by atoms with Crippen molar-refractivity contribution in [1.82, 2.24) is 9.97 Å². The first-order valence-corrected chi connectivity index (χ1v) is 7.28. The van der Waals surface area contributed by atoms with E-state index < -0.39 is 0 Å². The molecule has 2 rings (SSSR count). The minimum atomic E-state index is 0.674. The molecular weight excluding hydrogens is 284 g/mol. The van der Waals surface area contributed by atoms with Crippen LogP contribution in [0.15, 0.2) is 29.2 Å². The molecule has 0 atom stereocenters. The topological polar surface area (TPSA) is 28.7 Å². The lowest BCUT2D eigenvalue weighted by Crippen LogP contribution is -1.98. The molecule has 1 aromatic carbocycles. The predicted octanol–water partition coefficient (Wildman–Crippen LogP) is 4.70. The van der Waals surface area contributed by atoms with Crippen molar-refractivity contribution in [2.24, 2.45) is 0 Å². The summed E-state index contributed by atoms with van der Waals surface area (Å²) in [6.45, 7) is 4.00. The maximum Gasteiger partial charge on any atom is 0.132 e. The summed E-state index contributed by atoms with van der Waals surface area (Å²) < 4.78 is 0.674. The molecule has 18 heavy (non-hydrogen) atoms. The summed E-state index contributed by atoms with van der Waals surface area (Å²) in [6, 6.07) is 7.79. The van der Waals surface area contributed by atoms with Crippen molar-refractivity contribution in [3.63, 3.8) is 0 Å². The van der Waals surface area contributed by atoms with Gasteiger partial charge in [0.25, 0.3) is 0 Å². The monoisotopic (exact) mass is 296 g/mol. The lowest BCUT2D eigenvalue weighted by atomic mass is 10.3. The van der Waals surface area contributed by atoms with Crippen molar-refractivity contribution in [1.29, 1.82) is 0 Å². The van der Waals surface area contributed by atoms with Crippen molar-refractivity contribution < 1.29 is 0 Å². The van der Waals surface area contributed by atoms with Gasteiger partial charge in [0.05, 0.1) is 5.75 Å². The van der Waals surface area contributed by atoms with Gasteiger partial charge in [-0.15, -0.1) is 11.8 Å². The molecule has 0 saturated heterocycles. The van der Waals surface area contributed by atoms with Gasteiger partial charge in [-0.1, -0.05) is 29.9 Å². The number of nitrogens with zero attached hydrogens (tertiary/aromatic N) is 1. The van der Waals surface area contributed by atoms with Crippen molar-refractivity contribution in [3.8, 4) is 0 Å². The first-order valence-electron chi connectivity index (χ1n) is 5.51. The van der Waals surface area contributed by atoms with E-state index in [2.05, 4.69) is 9.97 Å². The number of benzene rings is 1. The van der Waals surface area contributed by atoms with Gasteiger partial charge in [-0.2, -0.15) is 0 Å². The van der Waals surface area contributed by atoms with Crippen molar-refractivity contribution >= 4 is 35.6 Å². The summed E-state index contributed by atoms with van der Waals surface area (Å²) in [7, 11) is 0. The van der Waals surface area contributed by atoms with Gasteiger partial charge < -0.3 is 4.98 Å². The highest BCUT2D eigenvalue weighted by Gasteiger charge is 2.02. The molecule has 0 radical (unpaired) electrons. The van der Waals surface area contributed by atoms with Gasteiger partial charge >= 0.3 is 0 Å². The Morgan fingerprint density at radius 2 is 2.17 bits per heavy atom. The molecular formula is C13H13ClN2S2. The molecule has 1 aromatic heterocycles. The van der Waals surface area contributed by atoms with E-state index in [-0.39, 0.29) is 0 Å². The number of halogens is 1. The van der Waals surface area contributed by atoms with Crippen molar-refractivity contribution in [2.75, 3.05) is 0 Å². The number of nitrogens with one attached hydrogen (secondary N) is 1. The lowest BCUT2D eigenvalue weighted by Gasteiger charge is -2.06. The Kier molecular flexibility index (Phi) is 4.43. The molecule has 1 heterocycles. The van der Waals surface area contributed by atoms with Crippen LogP contribution in [0.2, 0.25) is 5.02 Å². The number of aromatic amines is 1. The number of rotatable bonds is 3. The molecule has 0 aliphatic carbocycles. The highest BCUT2D eigenvalue weighted by molar-refractivity contribution is 7.98. The second-order valence-corrected chi connectivity index (χ2v) is 5.86. The molecule has 0 saturated carbocycles. The summed E-state index contributed by atoms with van der Waals surface area (Å²) in [4.78, 5) is 8.77. The predicted molar refractivity (Wildman–Crippen MR) is 79.9 cm³/mol. The van der Waals surface area contributed by atoms with Crippen LogP contribution in [-0.2, 0) is 5.75 Å². The van der Waals surface area contributed by atoms with Crippen molar-refractivity contribution in [2.45, 2.75) is 24.5 Å². The zero-order chi connectivity index (χ0) is 13.1. The molecule has 0 aliphatic heterocycles. The van der Waals surface area contributed by atoms with E-state index in [1.807, 2.05) is 38.1 Å². The van der Waals surface area contributed by atoms with Gasteiger partial charge in [-0.25, -0.2) is 4.98 Å². The van der Waals surface area contributed by atoms with Crippen LogP contribution >= 0.6 is 35.6 Å². The standard InChI is InChI=1S/C13H13ClN2S2/c1-8-9(2)15-12(16-13(8)17)7-18-11-5-3-4-10(14)6-11/h3-6H,7H2,1-2H3,(H,15,16,17). The third-order valence-electron chi connectivity index (χ3n) is 2.62. The smallest absolute Gasteiger partial charge is 0.132 e. The number of hydrogen-bond donors (Lipinski definition) is 1. The van der Waals surface area contributed by atoms with Crippen LogP contribution in [0.1, 0.15) is 17.1 Å². The maximum atomic E-state index is 5.94. The Morgan fingerprint density at radius 3 is 2.83 bits per heavy atom. The molecule has 0 fully saturated rings. The average Bonchev–Trinajstić information content (AvgIpc) is 2.33. The second kappa shape index (κ2) is 5.87. The van der Waals surface area contributed by atoms with Crippen LogP contribution in [0.5, 0.6) is 0 Å². The van der Waals surface area contributed by atoms with Crippen LogP contribution in [0.3, 0.4) is 0 Å². The molecule has 2 nitrogen and oxygen atoms in total. The van der Waals surface area contributed by atoms with Crippen molar-refractivity contribution in [3.05, 3.63) is 51.0 Å². The summed E-state index contributed by atoms with van der Waals surface area (Å²) in [6.07, 6.45) is 0. The molecule has 0 aliphatic rings. The summed E-state index contributed by atoms with van der Waals surface area (Å²) in [5.74, 6) is 1.65. The van der Waals surface area contributed by atoms with E-state index in [0.29, 0.717) is 4.64 Å². The number of H-pyrrole nitrogens is 1. The molecule has 0 amide bonds. The van der Waals surface area contributed by atoms with Gasteiger partial charge in [0.1, 0.15) is 10.5 Å². The van der Waals surface area contributed by atoms with E-state index in [9.17, 15) is 0 Å². The fourth-order valence-electron chi connectivity index (χ4n) is 1.48. The normalized spacial score (nSPS) is 10.6. The Hall–Kier alpha value is -0.840. The average molecular weight is 297 g/mol. The van der Waals surface area contributed by atoms with Gasteiger partial charge in [0.2, 0.25) is 0 Å². The Bertz CT molecular complexity index is 623. The number of thioether (sulfide) groups is 1. The molecule has 2 aromatic rings. The Balaban J connectivity index is 2.14. The minimum absolute atomic E-state index is 0.674. The van der Waals surface area contributed by atoms with Crippen LogP contribution in [-0.4, -0.2) is 9.97 Å². The van der Waals surface area contributed by atoms with E-state index >= 15 is 0 Å². The lowest BCUT2D eigenvalue weighted by molar-refractivity contribution is 0.962. The maximum absolute atomic E-state index is 5.94. The van der Waals surface area contributed by atoms with Gasteiger partial charge in [-0.05, 0) is 32.0 Å². The quantitative estimate of drug-likeness (QED) is 0.657.